The van der Waals surface area contributed by atoms with Gasteiger partial charge in [-0.25, -0.2) is 9.59 Å². The van der Waals surface area contributed by atoms with Gasteiger partial charge in [0.15, 0.2) is 6.61 Å². The maximum atomic E-state index is 11.6. The number of hydrogen-bond donors (Lipinski definition) is 2. The van der Waals surface area contributed by atoms with Crippen LogP contribution in [0.4, 0.5) is 4.79 Å². The van der Waals surface area contributed by atoms with Gasteiger partial charge in [-0.3, -0.25) is 10.1 Å². The van der Waals surface area contributed by atoms with Gasteiger partial charge in [0, 0.05) is 5.56 Å². The van der Waals surface area contributed by atoms with Crippen molar-refractivity contribution in [2.45, 2.75) is 6.92 Å². The van der Waals surface area contributed by atoms with Crippen LogP contribution in [0.15, 0.2) is 29.8 Å². The molecule has 8 nitrogen and oxygen atoms in total. The summed E-state index contributed by atoms with van der Waals surface area (Å²) in [6.45, 7) is 1.59. The van der Waals surface area contributed by atoms with Crippen molar-refractivity contribution < 1.29 is 23.9 Å². The number of urea groups is 1. The fourth-order valence-corrected chi connectivity index (χ4v) is 1.55. The van der Waals surface area contributed by atoms with Crippen molar-refractivity contribution >= 4 is 24.0 Å². The van der Waals surface area contributed by atoms with E-state index in [4.69, 9.17) is 20.5 Å². The van der Waals surface area contributed by atoms with Gasteiger partial charge in [0.05, 0.1) is 6.61 Å². The van der Waals surface area contributed by atoms with Gasteiger partial charge in [-0.05, 0) is 19.1 Å². The fraction of sp³-hybridized carbons (Fsp3) is 0.200. The molecule has 0 aliphatic carbocycles. The molecule has 0 radical (unpaired) electrons. The zero-order chi connectivity index (χ0) is 17.2. The number of rotatable bonds is 6. The monoisotopic (exact) mass is 317 g/mol. The van der Waals surface area contributed by atoms with Gasteiger partial charge in [-0.1, -0.05) is 18.2 Å². The van der Waals surface area contributed by atoms with E-state index in [1.54, 1.807) is 42.6 Å². The van der Waals surface area contributed by atoms with E-state index in [9.17, 15) is 14.4 Å². The van der Waals surface area contributed by atoms with Crippen LogP contribution in [0.3, 0.4) is 0 Å². The van der Waals surface area contributed by atoms with Crippen LogP contribution in [0.5, 0.6) is 5.75 Å². The Morgan fingerprint density at radius 2 is 2.04 bits per heavy atom. The molecule has 0 bridgehead atoms. The molecule has 0 saturated heterocycles. The van der Waals surface area contributed by atoms with Gasteiger partial charge in [-0.15, -0.1) is 0 Å². The van der Waals surface area contributed by atoms with Crippen LogP contribution in [-0.4, -0.2) is 31.1 Å². The van der Waals surface area contributed by atoms with E-state index < -0.39 is 17.9 Å². The van der Waals surface area contributed by atoms with E-state index in [2.05, 4.69) is 0 Å². The lowest BCUT2D eigenvalue weighted by atomic mass is 10.1. The standard InChI is InChI=1S/C15H15N3O5/c1-2-22-13(19)9-23-12-6-4-3-5-10(12)7-11(8-16)14(20)18-15(17)21/h3-7H,2,9H2,1H3,(H3,17,18,20,21)/b11-7-. The summed E-state index contributed by atoms with van der Waals surface area (Å²) in [4.78, 5) is 33.6. The molecule has 23 heavy (non-hydrogen) atoms. The second-order valence-electron chi connectivity index (χ2n) is 4.12. The normalized spacial score (nSPS) is 10.3. The molecule has 1 aromatic rings. The van der Waals surface area contributed by atoms with Crippen LogP contribution in [0.25, 0.3) is 6.08 Å². The van der Waals surface area contributed by atoms with Crippen molar-refractivity contribution in [2.75, 3.05) is 13.2 Å². The number of imide groups is 1. The highest BCUT2D eigenvalue weighted by molar-refractivity contribution is 6.08. The fourth-order valence-electron chi connectivity index (χ4n) is 1.55. The van der Waals surface area contributed by atoms with Crippen molar-refractivity contribution in [3.63, 3.8) is 0 Å². The molecule has 1 rings (SSSR count). The summed E-state index contributed by atoms with van der Waals surface area (Å²) in [7, 11) is 0. The largest absolute Gasteiger partial charge is 0.481 e. The number of para-hydroxylation sites is 1. The number of nitriles is 1. The first-order valence-corrected chi connectivity index (χ1v) is 6.58. The quantitative estimate of drug-likeness (QED) is 0.451. The number of nitrogens with zero attached hydrogens (tertiary/aromatic N) is 1. The predicted molar refractivity (Wildman–Crippen MR) is 79.9 cm³/mol. The van der Waals surface area contributed by atoms with Gasteiger partial charge >= 0.3 is 12.0 Å². The van der Waals surface area contributed by atoms with E-state index >= 15 is 0 Å². The van der Waals surface area contributed by atoms with Gasteiger partial charge < -0.3 is 15.2 Å². The summed E-state index contributed by atoms with van der Waals surface area (Å²) in [6, 6.07) is 7.05. The van der Waals surface area contributed by atoms with Crippen molar-refractivity contribution in [1.29, 1.82) is 5.26 Å². The average Bonchev–Trinajstić information content (AvgIpc) is 2.51. The van der Waals surface area contributed by atoms with E-state index in [0.29, 0.717) is 5.56 Å². The number of hydrogen-bond acceptors (Lipinski definition) is 6. The second-order valence-corrected chi connectivity index (χ2v) is 4.12. The number of ether oxygens (including phenoxy) is 2. The number of carbonyl (C=O) groups is 3. The number of nitrogens with one attached hydrogen (secondary N) is 1. The molecule has 0 aromatic heterocycles. The summed E-state index contributed by atoms with van der Waals surface area (Å²) >= 11 is 0. The third-order valence-electron chi connectivity index (χ3n) is 2.47. The molecular formula is C15H15N3O5. The Morgan fingerprint density at radius 1 is 1.35 bits per heavy atom. The van der Waals surface area contributed by atoms with Crippen LogP contribution >= 0.6 is 0 Å². The Hall–Kier alpha value is -3.34. The maximum absolute atomic E-state index is 11.6. The SMILES string of the molecule is CCOC(=O)COc1ccccc1/C=C(/C#N)C(=O)NC(N)=O. The van der Waals surface area contributed by atoms with Crippen LogP contribution in [0.1, 0.15) is 12.5 Å². The predicted octanol–water partition coefficient (Wildman–Crippen LogP) is 0.730. The number of nitrogens with two attached hydrogens (primary N) is 1. The van der Waals surface area contributed by atoms with Crippen molar-refractivity contribution in [1.82, 2.24) is 5.32 Å². The highest BCUT2D eigenvalue weighted by Gasteiger charge is 2.13. The Labute approximate surface area is 132 Å². The molecule has 0 aliphatic rings. The summed E-state index contributed by atoms with van der Waals surface area (Å²) < 4.78 is 10.0. The van der Waals surface area contributed by atoms with Crippen LogP contribution in [0.2, 0.25) is 0 Å². The molecule has 0 unspecified atom stereocenters. The smallest absolute Gasteiger partial charge is 0.344 e. The maximum Gasteiger partial charge on any atom is 0.344 e. The minimum Gasteiger partial charge on any atom is -0.481 e. The Kier molecular flexibility index (Phi) is 6.81. The minimum atomic E-state index is -1.07. The number of carbonyl (C=O) groups excluding carboxylic acids is 3. The van der Waals surface area contributed by atoms with Crippen LogP contribution < -0.4 is 15.8 Å². The zero-order valence-electron chi connectivity index (χ0n) is 12.4. The number of amides is 3. The molecule has 0 atom stereocenters. The zero-order valence-corrected chi connectivity index (χ0v) is 12.4. The summed E-state index contributed by atoms with van der Waals surface area (Å²) in [5.41, 5.74) is 4.88. The molecule has 0 saturated carbocycles. The molecule has 120 valence electrons. The molecule has 8 heteroatoms. The molecule has 0 aliphatic heterocycles. The van der Waals surface area contributed by atoms with Crippen LogP contribution in [0, 0.1) is 11.3 Å². The molecule has 0 spiro atoms. The van der Waals surface area contributed by atoms with Crippen LogP contribution in [-0.2, 0) is 14.3 Å². The van der Waals surface area contributed by atoms with Gasteiger partial charge in [-0.2, -0.15) is 5.26 Å². The van der Waals surface area contributed by atoms with E-state index in [0.717, 1.165) is 0 Å². The van der Waals surface area contributed by atoms with E-state index in [-0.39, 0.29) is 24.5 Å². The number of esters is 1. The molecule has 3 N–H and O–H groups in total. The van der Waals surface area contributed by atoms with Gasteiger partial charge in [0.1, 0.15) is 17.4 Å². The van der Waals surface area contributed by atoms with Gasteiger partial charge in [0.2, 0.25) is 0 Å². The van der Waals surface area contributed by atoms with Crippen molar-refractivity contribution in [3.8, 4) is 11.8 Å². The minimum absolute atomic E-state index is 0.232. The lowest BCUT2D eigenvalue weighted by Gasteiger charge is -2.09. The Balaban J connectivity index is 2.97. The topological polar surface area (TPSA) is 132 Å². The molecule has 0 heterocycles. The van der Waals surface area contributed by atoms with Crippen molar-refractivity contribution in [2.24, 2.45) is 5.73 Å². The Morgan fingerprint density at radius 3 is 2.65 bits per heavy atom. The molecule has 1 aromatic carbocycles. The molecule has 3 amide bonds. The molecular weight excluding hydrogens is 302 g/mol. The summed E-state index contributed by atoms with van der Waals surface area (Å²) in [6.07, 6.45) is 1.22. The van der Waals surface area contributed by atoms with Crippen molar-refractivity contribution in [3.05, 3.63) is 35.4 Å². The third kappa shape index (κ3) is 5.89. The molecule has 0 fully saturated rings. The number of benzene rings is 1. The average molecular weight is 317 g/mol. The third-order valence-corrected chi connectivity index (χ3v) is 2.47. The Bertz CT molecular complexity index is 676. The number of primary amides is 1. The highest BCUT2D eigenvalue weighted by Crippen LogP contribution is 2.21. The van der Waals surface area contributed by atoms with Gasteiger partial charge in [0.25, 0.3) is 5.91 Å². The summed E-state index contributed by atoms with van der Waals surface area (Å²) in [5.74, 6) is -1.20. The first kappa shape index (κ1) is 17.7. The highest BCUT2D eigenvalue weighted by atomic mass is 16.6. The first-order chi connectivity index (χ1) is 11.0. The van der Waals surface area contributed by atoms with E-state index in [1.165, 1.54) is 6.08 Å². The second kappa shape index (κ2) is 8.84. The first-order valence-electron chi connectivity index (χ1n) is 6.58. The lowest BCUT2D eigenvalue weighted by Crippen LogP contribution is -2.35. The van der Waals surface area contributed by atoms with E-state index in [1.807, 2.05) is 0 Å². The lowest BCUT2D eigenvalue weighted by molar-refractivity contribution is -0.145. The summed E-state index contributed by atoms with van der Waals surface area (Å²) in [5, 5.41) is 10.8.